The average molecular weight is 373 g/mol. The fourth-order valence-electron chi connectivity index (χ4n) is 6.53. The van der Waals surface area contributed by atoms with Crippen molar-refractivity contribution in [3.8, 4) is 0 Å². The smallest absolute Gasteiger partial charge is 0.216 e. The van der Waals surface area contributed by atoms with E-state index in [2.05, 4.69) is 43.9 Å². The van der Waals surface area contributed by atoms with Crippen molar-refractivity contribution in [3.63, 3.8) is 0 Å². The summed E-state index contributed by atoms with van der Waals surface area (Å²) in [4.78, 5) is 0. The van der Waals surface area contributed by atoms with Crippen LogP contribution in [0.2, 0.25) is 0 Å². The molecule has 3 heterocycles. The van der Waals surface area contributed by atoms with E-state index in [4.69, 9.17) is 0 Å². The summed E-state index contributed by atoms with van der Waals surface area (Å²) in [6.07, 6.45) is 5.92. The summed E-state index contributed by atoms with van der Waals surface area (Å²) in [6.45, 7) is 0. The summed E-state index contributed by atoms with van der Waals surface area (Å²) in [5, 5.41) is 19.6. The molecule has 5 nitrogen and oxygen atoms in total. The molecule has 0 saturated heterocycles. The molecule has 28 heavy (non-hydrogen) atoms. The Morgan fingerprint density at radius 2 is 1.93 bits per heavy atom. The van der Waals surface area contributed by atoms with Crippen LogP contribution < -0.4 is 5.32 Å². The van der Waals surface area contributed by atoms with Crippen LogP contribution >= 0.6 is 0 Å². The van der Waals surface area contributed by atoms with Gasteiger partial charge in [0.25, 0.3) is 0 Å². The Labute approximate surface area is 160 Å². The van der Waals surface area contributed by atoms with E-state index in [1.165, 1.54) is 35.9 Å². The van der Waals surface area contributed by atoms with Gasteiger partial charge in [-0.2, -0.15) is 14.6 Å². The molecule has 5 atom stereocenters. The van der Waals surface area contributed by atoms with E-state index < -0.39 is 0 Å². The SMILES string of the molecule is Fc1[nH]nc2ccc([C@@H]3Nc4ccc5[nH]ncc5c4[C@H]4[C@@H]5CC[C@H](C5)[C@H]43)cc12. The zero-order chi connectivity index (χ0) is 18.4. The second-order valence-corrected chi connectivity index (χ2v) is 8.73. The lowest BCUT2D eigenvalue weighted by molar-refractivity contribution is 0.249. The van der Waals surface area contributed by atoms with Crippen molar-refractivity contribution in [1.82, 2.24) is 20.4 Å². The Hall–Kier alpha value is -2.89. The Morgan fingerprint density at radius 3 is 2.89 bits per heavy atom. The third-order valence-corrected chi connectivity index (χ3v) is 7.57. The second-order valence-electron chi connectivity index (χ2n) is 8.73. The van der Waals surface area contributed by atoms with Crippen molar-refractivity contribution in [1.29, 1.82) is 0 Å². The standard InChI is InChI=1S/C22H20FN5/c23-22-13-8-12(3-4-15(13)27-28-22)21-19-11-2-1-10(7-11)18(19)20-14-9-24-26-16(14)5-6-17(20)25-21/h3-6,8-11,18-19,21,25H,1-2,7H2,(H,24,26)(H,27,28)/t10-,11-,18+,19-,21+/m1/s1. The van der Waals surface area contributed by atoms with Crippen LogP contribution in [0.4, 0.5) is 10.1 Å². The van der Waals surface area contributed by atoms with Gasteiger partial charge in [0, 0.05) is 11.1 Å². The van der Waals surface area contributed by atoms with Gasteiger partial charge in [-0.05, 0) is 78.3 Å². The number of halogens is 1. The summed E-state index contributed by atoms with van der Waals surface area (Å²) >= 11 is 0. The maximum atomic E-state index is 14.1. The predicted octanol–water partition coefficient (Wildman–Crippen LogP) is 4.87. The second kappa shape index (κ2) is 5.13. The van der Waals surface area contributed by atoms with E-state index in [1.54, 1.807) is 0 Å². The molecule has 0 radical (unpaired) electrons. The maximum absolute atomic E-state index is 14.1. The van der Waals surface area contributed by atoms with Crippen LogP contribution in [0.1, 0.15) is 42.3 Å². The highest BCUT2D eigenvalue weighted by Crippen LogP contribution is 2.64. The number of rotatable bonds is 1. The number of H-pyrrole nitrogens is 2. The van der Waals surface area contributed by atoms with Gasteiger partial charge in [-0.1, -0.05) is 6.07 Å². The maximum Gasteiger partial charge on any atom is 0.216 e. The van der Waals surface area contributed by atoms with Gasteiger partial charge >= 0.3 is 0 Å². The molecular formula is C22H20FN5. The van der Waals surface area contributed by atoms with Crippen LogP contribution in [0.5, 0.6) is 0 Å². The predicted molar refractivity (Wildman–Crippen MR) is 106 cm³/mol. The summed E-state index contributed by atoms with van der Waals surface area (Å²) in [7, 11) is 0. The highest BCUT2D eigenvalue weighted by molar-refractivity contribution is 5.89. The third kappa shape index (κ3) is 1.81. The molecule has 2 aromatic carbocycles. The molecular weight excluding hydrogens is 353 g/mol. The van der Waals surface area contributed by atoms with E-state index in [1.807, 2.05) is 18.3 Å². The van der Waals surface area contributed by atoms with Crippen LogP contribution in [0.3, 0.4) is 0 Å². The van der Waals surface area contributed by atoms with E-state index >= 15 is 0 Å². The lowest BCUT2D eigenvalue weighted by Gasteiger charge is -2.43. The van der Waals surface area contributed by atoms with Crippen molar-refractivity contribution in [3.05, 3.63) is 53.6 Å². The Morgan fingerprint density at radius 1 is 1.00 bits per heavy atom. The number of nitrogens with one attached hydrogen (secondary N) is 3. The van der Waals surface area contributed by atoms with Crippen LogP contribution in [-0.2, 0) is 0 Å². The number of anilines is 1. The van der Waals surface area contributed by atoms with E-state index in [9.17, 15) is 4.39 Å². The fourth-order valence-corrected chi connectivity index (χ4v) is 6.53. The average Bonchev–Trinajstić information content (AvgIpc) is 3.51. The van der Waals surface area contributed by atoms with Gasteiger partial charge < -0.3 is 5.32 Å². The molecule has 4 aromatic rings. The minimum atomic E-state index is -0.349. The molecule has 7 rings (SSSR count). The Bertz CT molecular complexity index is 1240. The number of hydrogen-bond donors (Lipinski definition) is 3. The quantitative estimate of drug-likeness (QED) is 0.446. The van der Waals surface area contributed by atoms with Crippen molar-refractivity contribution >= 4 is 27.5 Å². The molecule has 1 aliphatic heterocycles. The van der Waals surface area contributed by atoms with Crippen molar-refractivity contribution in [2.45, 2.75) is 31.2 Å². The van der Waals surface area contributed by atoms with E-state index in [0.29, 0.717) is 22.7 Å². The molecule has 2 aromatic heterocycles. The Balaban J connectivity index is 1.44. The molecule has 2 bridgehead atoms. The minimum Gasteiger partial charge on any atom is -0.378 e. The van der Waals surface area contributed by atoms with Crippen LogP contribution in [0.25, 0.3) is 21.8 Å². The molecule has 0 amide bonds. The minimum absolute atomic E-state index is 0.204. The third-order valence-electron chi connectivity index (χ3n) is 7.57. The molecule has 6 heteroatoms. The zero-order valence-corrected chi connectivity index (χ0v) is 15.2. The summed E-state index contributed by atoms with van der Waals surface area (Å²) in [6, 6.07) is 10.5. The molecule has 3 aliphatic rings. The zero-order valence-electron chi connectivity index (χ0n) is 15.2. The number of hydrogen-bond acceptors (Lipinski definition) is 3. The molecule has 2 aliphatic carbocycles. The van der Waals surface area contributed by atoms with E-state index in [-0.39, 0.29) is 12.0 Å². The van der Waals surface area contributed by atoms with Crippen LogP contribution in [0, 0.1) is 23.7 Å². The highest BCUT2D eigenvalue weighted by Gasteiger charge is 2.54. The number of aromatic nitrogens is 4. The first kappa shape index (κ1) is 15.1. The topological polar surface area (TPSA) is 69.4 Å². The molecule has 2 fully saturated rings. The van der Waals surface area contributed by atoms with E-state index in [0.717, 1.165) is 22.9 Å². The Kier molecular flexibility index (Phi) is 2.76. The van der Waals surface area contributed by atoms with Gasteiger partial charge in [-0.3, -0.25) is 10.2 Å². The van der Waals surface area contributed by atoms with Gasteiger partial charge in [-0.15, -0.1) is 0 Å². The summed E-state index contributed by atoms with van der Waals surface area (Å²) < 4.78 is 14.1. The number of nitrogens with zero attached hydrogens (tertiary/aromatic N) is 2. The monoisotopic (exact) mass is 373 g/mol. The molecule has 140 valence electrons. The lowest BCUT2D eigenvalue weighted by Crippen LogP contribution is -2.35. The normalized spacial score (nSPS) is 30.5. The van der Waals surface area contributed by atoms with Crippen molar-refractivity contribution in [2.24, 2.45) is 17.8 Å². The first-order valence-corrected chi connectivity index (χ1v) is 10.1. The molecule has 3 N–H and O–H groups in total. The number of fused-ring (bicyclic) bond motifs is 10. The first-order valence-electron chi connectivity index (χ1n) is 10.1. The number of aromatic amines is 2. The molecule has 0 unspecified atom stereocenters. The molecule has 2 saturated carbocycles. The molecule has 0 spiro atoms. The highest BCUT2D eigenvalue weighted by atomic mass is 19.1. The van der Waals surface area contributed by atoms with Gasteiger partial charge in [-0.25, -0.2) is 0 Å². The lowest BCUT2D eigenvalue weighted by atomic mass is 9.67. The fraction of sp³-hybridized carbons (Fsp3) is 0.364. The van der Waals surface area contributed by atoms with Gasteiger partial charge in [0.05, 0.1) is 28.7 Å². The van der Waals surface area contributed by atoms with Crippen molar-refractivity contribution < 1.29 is 4.39 Å². The van der Waals surface area contributed by atoms with Gasteiger partial charge in [0.2, 0.25) is 5.95 Å². The largest absolute Gasteiger partial charge is 0.378 e. The number of benzene rings is 2. The van der Waals surface area contributed by atoms with Gasteiger partial charge in [0.15, 0.2) is 0 Å². The van der Waals surface area contributed by atoms with Crippen molar-refractivity contribution in [2.75, 3.05) is 5.32 Å². The van der Waals surface area contributed by atoms with Gasteiger partial charge in [0.1, 0.15) is 0 Å². The summed E-state index contributed by atoms with van der Waals surface area (Å²) in [5.74, 6) is 2.21. The first-order chi connectivity index (χ1) is 13.8. The van der Waals surface area contributed by atoms with Crippen LogP contribution in [-0.4, -0.2) is 20.4 Å². The summed E-state index contributed by atoms with van der Waals surface area (Å²) in [5.41, 5.74) is 5.61. The van der Waals surface area contributed by atoms with Crippen LogP contribution in [0.15, 0.2) is 36.5 Å².